The number of aliphatic imine (C=N–C) groups is 1. The Morgan fingerprint density at radius 2 is 0.959 bits per heavy atom. The van der Waals surface area contributed by atoms with E-state index in [4.69, 9.17) is 14.2 Å². The minimum atomic E-state index is -0.731. The van der Waals surface area contributed by atoms with E-state index in [0.29, 0.717) is 19.6 Å². The Morgan fingerprint density at radius 1 is 0.551 bits per heavy atom. The fourth-order valence-electron chi connectivity index (χ4n) is 4.01. The Bertz CT molecular complexity index is 1010. The zero-order valence-electron chi connectivity index (χ0n) is 31.7. The van der Waals surface area contributed by atoms with Crippen LogP contribution in [-0.2, 0) is 23.8 Å². The second-order valence-electron chi connectivity index (χ2n) is 14.9. The van der Waals surface area contributed by atoms with Gasteiger partial charge < -0.3 is 35.5 Å². The van der Waals surface area contributed by atoms with Crippen LogP contribution in [0.1, 0.15) is 127 Å². The van der Waals surface area contributed by atoms with E-state index in [2.05, 4.69) is 36.9 Å². The van der Waals surface area contributed by atoms with Gasteiger partial charge in [-0.3, -0.25) is 25.2 Å². The molecular formula is C34H65N7O8. The average Bonchev–Trinajstić information content (AvgIpc) is 2.91. The van der Waals surface area contributed by atoms with Crippen LogP contribution in [0.4, 0.5) is 14.4 Å². The first-order valence-corrected chi connectivity index (χ1v) is 17.5. The van der Waals surface area contributed by atoms with Crippen LogP contribution in [0.15, 0.2) is 4.99 Å². The molecule has 5 amide bonds. The molecule has 0 radical (unpaired) electrons. The molecule has 1 unspecified atom stereocenters. The first kappa shape index (κ1) is 45.4. The average molecular weight is 700 g/mol. The van der Waals surface area contributed by atoms with Gasteiger partial charge in [0.15, 0.2) is 0 Å². The van der Waals surface area contributed by atoms with Gasteiger partial charge in [0, 0.05) is 25.7 Å². The molecule has 0 aromatic carbocycles. The highest BCUT2D eigenvalue weighted by Gasteiger charge is 2.21. The third kappa shape index (κ3) is 30.2. The first-order chi connectivity index (χ1) is 22.7. The molecule has 0 saturated heterocycles. The maximum Gasteiger partial charge on any atom is 0.414 e. The SMILES string of the molecule is CC(CCNCCCCNC(=O)C(=O)NCCCCCCCCN=C(NC(=O)OC(C)(C)C)NC(=O)OC(C)(C)C)NC(=O)OC(C)(C)C. The fraction of sp³-hybridized carbons (Fsp3) is 0.824. The number of hydrogen-bond donors (Lipinski definition) is 6. The van der Waals surface area contributed by atoms with Crippen LogP contribution in [0, 0.1) is 0 Å². The van der Waals surface area contributed by atoms with Gasteiger partial charge in [-0.25, -0.2) is 14.4 Å². The highest BCUT2D eigenvalue weighted by molar-refractivity contribution is 6.35. The predicted octanol–water partition coefficient (Wildman–Crippen LogP) is 4.64. The summed E-state index contributed by atoms with van der Waals surface area (Å²) in [5.74, 6) is -1.29. The summed E-state index contributed by atoms with van der Waals surface area (Å²) in [7, 11) is 0. The Balaban J connectivity index is 4.03. The van der Waals surface area contributed by atoms with Crippen molar-refractivity contribution in [1.29, 1.82) is 0 Å². The van der Waals surface area contributed by atoms with E-state index in [0.717, 1.165) is 70.9 Å². The van der Waals surface area contributed by atoms with Gasteiger partial charge in [0.1, 0.15) is 16.8 Å². The van der Waals surface area contributed by atoms with Gasteiger partial charge in [0.25, 0.3) is 0 Å². The van der Waals surface area contributed by atoms with E-state index < -0.39 is 46.9 Å². The number of carbonyl (C=O) groups excluding carboxylic acids is 5. The van der Waals surface area contributed by atoms with Crippen molar-refractivity contribution in [3.05, 3.63) is 0 Å². The predicted molar refractivity (Wildman–Crippen MR) is 190 cm³/mol. The topological polar surface area (TPSA) is 198 Å². The van der Waals surface area contributed by atoms with Crippen molar-refractivity contribution in [2.24, 2.45) is 4.99 Å². The Morgan fingerprint density at radius 3 is 1.45 bits per heavy atom. The van der Waals surface area contributed by atoms with Crippen molar-refractivity contribution >= 4 is 36.1 Å². The molecule has 6 N–H and O–H groups in total. The molecule has 0 spiro atoms. The van der Waals surface area contributed by atoms with Crippen molar-refractivity contribution in [2.45, 2.75) is 150 Å². The number of nitrogens with zero attached hydrogens (tertiary/aromatic N) is 1. The standard InChI is InChI=1S/C34H65N7O8/c1-25(39-29(44)47-32(2,3)4)19-24-35-20-17-18-22-37-27(43)26(42)36-21-15-13-11-12-14-16-23-38-28(40-30(45)48-33(5,6)7)41-31(46)49-34(8,9)10/h25,35H,11-24H2,1-10H3,(H,36,42)(H,37,43)(H,39,44)(H2,38,40,41,45,46). The number of rotatable bonds is 18. The lowest BCUT2D eigenvalue weighted by molar-refractivity contribution is -0.139. The quantitative estimate of drug-likeness (QED) is 0.0388. The minimum absolute atomic E-state index is 0.0146. The molecule has 0 heterocycles. The van der Waals surface area contributed by atoms with Crippen LogP contribution in [0.25, 0.3) is 0 Å². The van der Waals surface area contributed by atoms with Crippen LogP contribution in [0.5, 0.6) is 0 Å². The molecule has 0 aliphatic heterocycles. The molecule has 0 bridgehead atoms. The number of amides is 5. The summed E-state index contributed by atoms with van der Waals surface area (Å²) in [6, 6.07) is -0.0146. The van der Waals surface area contributed by atoms with Crippen LogP contribution in [0.2, 0.25) is 0 Å². The molecule has 15 heteroatoms. The van der Waals surface area contributed by atoms with E-state index in [1.807, 2.05) is 27.7 Å². The molecule has 0 aliphatic rings. The monoisotopic (exact) mass is 699 g/mol. The van der Waals surface area contributed by atoms with Crippen molar-refractivity contribution in [3.63, 3.8) is 0 Å². The van der Waals surface area contributed by atoms with Crippen molar-refractivity contribution in [1.82, 2.24) is 31.9 Å². The maximum atomic E-state index is 12.2. The van der Waals surface area contributed by atoms with Gasteiger partial charge in [-0.15, -0.1) is 0 Å². The van der Waals surface area contributed by atoms with E-state index in [-0.39, 0.29) is 12.0 Å². The number of unbranched alkanes of at least 4 members (excludes halogenated alkanes) is 6. The third-order valence-corrected chi connectivity index (χ3v) is 6.17. The first-order valence-electron chi connectivity index (χ1n) is 17.5. The van der Waals surface area contributed by atoms with E-state index in [9.17, 15) is 24.0 Å². The van der Waals surface area contributed by atoms with Gasteiger partial charge >= 0.3 is 30.1 Å². The van der Waals surface area contributed by atoms with Gasteiger partial charge in [-0.2, -0.15) is 0 Å². The van der Waals surface area contributed by atoms with E-state index in [1.165, 1.54) is 0 Å². The number of ether oxygens (including phenoxy) is 3. The second kappa shape index (κ2) is 23.7. The van der Waals surface area contributed by atoms with E-state index in [1.54, 1.807) is 41.5 Å². The Hall–Kier alpha value is -3.62. The molecule has 0 aliphatic carbocycles. The molecule has 284 valence electrons. The van der Waals surface area contributed by atoms with Gasteiger partial charge in [0.05, 0.1) is 0 Å². The van der Waals surface area contributed by atoms with Crippen molar-refractivity contribution in [3.8, 4) is 0 Å². The molecule has 0 saturated carbocycles. The molecule has 1 atom stereocenters. The molecular weight excluding hydrogens is 634 g/mol. The number of nitrogens with one attached hydrogen (secondary N) is 6. The Labute approximate surface area is 293 Å². The molecule has 0 aromatic heterocycles. The lowest BCUT2D eigenvalue weighted by atomic mass is 10.1. The number of guanidine groups is 1. The number of alkyl carbamates (subject to hydrolysis) is 3. The minimum Gasteiger partial charge on any atom is -0.444 e. The smallest absolute Gasteiger partial charge is 0.414 e. The third-order valence-electron chi connectivity index (χ3n) is 6.17. The summed E-state index contributed by atoms with van der Waals surface area (Å²) in [5.41, 5.74) is -1.94. The summed E-state index contributed by atoms with van der Waals surface area (Å²) in [5, 5.41) is 16.4. The van der Waals surface area contributed by atoms with Crippen LogP contribution >= 0.6 is 0 Å². The zero-order valence-corrected chi connectivity index (χ0v) is 31.7. The van der Waals surface area contributed by atoms with Crippen molar-refractivity contribution in [2.75, 3.05) is 32.7 Å². The maximum absolute atomic E-state index is 12.2. The van der Waals surface area contributed by atoms with Crippen LogP contribution < -0.4 is 31.9 Å². The highest BCUT2D eigenvalue weighted by atomic mass is 16.6. The summed E-state index contributed by atoms with van der Waals surface area (Å²) in [6.45, 7) is 20.6. The molecule has 0 rings (SSSR count). The van der Waals surface area contributed by atoms with Crippen molar-refractivity contribution < 1.29 is 38.2 Å². The zero-order chi connectivity index (χ0) is 37.5. The summed E-state index contributed by atoms with van der Waals surface area (Å²) >= 11 is 0. The Kier molecular flexibility index (Phi) is 21.9. The highest BCUT2D eigenvalue weighted by Crippen LogP contribution is 2.09. The number of hydrogen-bond acceptors (Lipinski definition) is 10. The fourth-order valence-corrected chi connectivity index (χ4v) is 4.01. The molecule has 49 heavy (non-hydrogen) atoms. The van der Waals surface area contributed by atoms with Gasteiger partial charge in [-0.1, -0.05) is 25.7 Å². The van der Waals surface area contributed by atoms with Gasteiger partial charge in [0.2, 0.25) is 5.96 Å². The summed E-state index contributed by atoms with van der Waals surface area (Å²) in [4.78, 5) is 64.5. The molecule has 0 fully saturated rings. The summed E-state index contributed by atoms with van der Waals surface area (Å²) in [6.07, 6.45) is 5.68. The number of carbonyl (C=O) groups is 5. The second-order valence-corrected chi connectivity index (χ2v) is 14.9. The van der Waals surface area contributed by atoms with Crippen LogP contribution in [-0.4, -0.2) is 91.6 Å². The van der Waals surface area contributed by atoms with E-state index >= 15 is 0 Å². The normalized spacial score (nSPS) is 12.2. The molecule has 0 aromatic rings. The largest absolute Gasteiger partial charge is 0.444 e. The molecule has 15 nitrogen and oxygen atoms in total. The summed E-state index contributed by atoms with van der Waals surface area (Å²) < 4.78 is 15.7. The van der Waals surface area contributed by atoms with Crippen LogP contribution in [0.3, 0.4) is 0 Å². The lowest BCUT2D eigenvalue weighted by Gasteiger charge is -2.22. The van der Waals surface area contributed by atoms with Gasteiger partial charge in [-0.05, 0) is 114 Å². The lowest BCUT2D eigenvalue weighted by Crippen LogP contribution is -2.47.